The van der Waals surface area contributed by atoms with Gasteiger partial charge in [-0.05, 0) is 43.9 Å². The van der Waals surface area contributed by atoms with Gasteiger partial charge in [0.15, 0.2) is 0 Å². The molecule has 0 aromatic rings. The van der Waals surface area contributed by atoms with E-state index in [0.29, 0.717) is 12.1 Å². The van der Waals surface area contributed by atoms with Gasteiger partial charge in [0, 0.05) is 31.7 Å². The summed E-state index contributed by atoms with van der Waals surface area (Å²) >= 11 is 2.10. The summed E-state index contributed by atoms with van der Waals surface area (Å²) in [6.07, 6.45) is 1.37. The Labute approximate surface area is 110 Å². The molecule has 2 fully saturated rings. The van der Waals surface area contributed by atoms with Crippen LogP contribution in [0.5, 0.6) is 0 Å². The molecule has 0 aromatic heterocycles. The zero-order chi connectivity index (χ0) is 12.4. The third-order valence-corrected chi connectivity index (χ3v) is 5.67. The smallest absolute Gasteiger partial charge is 0.0255 e. The molecular weight excluding hydrogens is 230 g/mol. The predicted molar refractivity (Wildman–Crippen MR) is 76.5 cm³/mol. The van der Waals surface area contributed by atoms with E-state index < -0.39 is 0 Å². The summed E-state index contributed by atoms with van der Waals surface area (Å²) in [5.74, 6) is 4.26. The lowest BCUT2D eigenvalue weighted by Crippen LogP contribution is -2.45. The van der Waals surface area contributed by atoms with Crippen LogP contribution in [0.2, 0.25) is 0 Å². The predicted octanol–water partition coefficient (Wildman–Crippen LogP) is 0.949. The van der Waals surface area contributed by atoms with Crippen LogP contribution in [0.4, 0.5) is 0 Å². The Kier molecular flexibility index (Phi) is 4.75. The molecule has 100 valence electrons. The zero-order valence-corrected chi connectivity index (χ0v) is 12.2. The van der Waals surface area contributed by atoms with Crippen molar-refractivity contribution in [3.8, 4) is 0 Å². The van der Waals surface area contributed by atoms with Crippen molar-refractivity contribution < 1.29 is 0 Å². The van der Waals surface area contributed by atoms with Crippen molar-refractivity contribution in [2.45, 2.75) is 25.4 Å². The van der Waals surface area contributed by atoms with Gasteiger partial charge in [0.1, 0.15) is 0 Å². The van der Waals surface area contributed by atoms with Crippen LogP contribution in [-0.2, 0) is 0 Å². The van der Waals surface area contributed by atoms with Crippen molar-refractivity contribution in [3.63, 3.8) is 0 Å². The fourth-order valence-electron chi connectivity index (χ4n) is 3.43. The highest BCUT2D eigenvalue weighted by Crippen LogP contribution is 2.31. The topological polar surface area (TPSA) is 32.5 Å². The largest absolute Gasteiger partial charge is 0.329 e. The Hall–Kier alpha value is 0.230. The summed E-state index contributed by atoms with van der Waals surface area (Å²) < 4.78 is 0. The number of nitrogens with zero attached hydrogens (tertiary/aromatic N) is 2. The second-order valence-corrected chi connectivity index (χ2v) is 7.04. The molecule has 0 radical (unpaired) electrons. The summed E-state index contributed by atoms with van der Waals surface area (Å²) in [5.41, 5.74) is 6.03. The second kappa shape index (κ2) is 5.91. The molecule has 0 saturated carbocycles. The van der Waals surface area contributed by atoms with Crippen LogP contribution in [0.15, 0.2) is 0 Å². The van der Waals surface area contributed by atoms with Crippen LogP contribution >= 0.6 is 11.8 Å². The molecular formula is C13H27N3S. The van der Waals surface area contributed by atoms with Crippen LogP contribution in [0.25, 0.3) is 0 Å². The van der Waals surface area contributed by atoms with Crippen LogP contribution in [0.1, 0.15) is 13.3 Å². The molecule has 0 aliphatic carbocycles. The number of hydrogen-bond donors (Lipinski definition) is 1. The summed E-state index contributed by atoms with van der Waals surface area (Å²) in [6, 6.07) is 1.33. The first kappa shape index (κ1) is 13.7. The molecule has 2 rings (SSSR count). The number of hydrogen-bond acceptors (Lipinski definition) is 4. The Morgan fingerprint density at radius 1 is 1.41 bits per heavy atom. The fourth-order valence-corrected chi connectivity index (χ4v) is 4.75. The van der Waals surface area contributed by atoms with E-state index in [2.05, 4.69) is 42.6 Å². The average molecular weight is 257 g/mol. The monoisotopic (exact) mass is 257 g/mol. The lowest BCUT2D eigenvalue weighted by molar-refractivity contribution is 0.175. The zero-order valence-electron chi connectivity index (χ0n) is 11.4. The van der Waals surface area contributed by atoms with Crippen molar-refractivity contribution in [3.05, 3.63) is 0 Å². The molecule has 4 heteroatoms. The maximum absolute atomic E-state index is 6.03. The quantitative estimate of drug-likeness (QED) is 0.813. The molecule has 2 aliphatic rings. The summed E-state index contributed by atoms with van der Waals surface area (Å²) in [5, 5.41) is 0. The molecule has 3 nitrogen and oxygen atoms in total. The van der Waals surface area contributed by atoms with E-state index in [1.165, 1.54) is 31.0 Å². The minimum Gasteiger partial charge on any atom is -0.329 e. The van der Waals surface area contributed by atoms with Gasteiger partial charge in [0.25, 0.3) is 0 Å². The standard InChI is InChI=1S/C13H27N3S/c1-10-7-16(8-13(10)15(2)3)12(6-14)11-4-5-17-9-11/h10-13H,4-9,14H2,1-3H3. The first-order valence-electron chi connectivity index (χ1n) is 6.81. The number of nitrogens with two attached hydrogens (primary N) is 1. The highest BCUT2D eigenvalue weighted by molar-refractivity contribution is 7.99. The normalized spacial score (nSPS) is 36.9. The molecule has 17 heavy (non-hydrogen) atoms. The SMILES string of the molecule is CC1CN(C(CN)C2CCSC2)CC1N(C)C. The molecule has 4 unspecified atom stereocenters. The summed E-state index contributed by atoms with van der Waals surface area (Å²) in [6.45, 7) is 5.64. The molecule has 2 saturated heterocycles. The van der Waals surface area contributed by atoms with Crippen LogP contribution in [-0.4, -0.2) is 67.1 Å². The first-order valence-corrected chi connectivity index (χ1v) is 7.97. The number of likely N-dealkylation sites (tertiary alicyclic amines) is 1. The minimum absolute atomic E-state index is 0.623. The van der Waals surface area contributed by atoms with E-state index in [-0.39, 0.29) is 0 Å². The Bertz CT molecular complexity index is 241. The van der Waals surface area contributed by atoms with E-state index in [9.17, 15) is 0 Å². The highest BCUT2D eigenvalue weighted by atomic mass is 32.2. The van der Waals surface area contributed by atoms with E-state index in [1.807, 2.05) is 0 Å². The maximum atomic E-state index is 6.03. The van der Waals surface area contributed by atoms with Crippen molar-refractivity contribution in [2.75, 3.05) is 45.2 Å². The van der Waals surface area contributed by atoms with E-state index in [0.717, 1.165) is 18.4 Å². The van der Waals surface area contributed by atoms with Gasteiger partial charge in [-0.25, -0.2) is 0 Å². The Balaban J connectivity index is 1.97. The molecule has 2 aliphatic heterocycles. The fraction of sp³-hybridized carbons (Fsp3) is 1.00. The average Bonchev–Trinajstić information content (AvgIpc) is 2.89. The molecule has 0 bridgehead atoms. The summed E-state index contributed by atoms with van der Waals surface area (Å²) in [7, 11) is 4.40. The minimum atomic E-state index is 0.623. The van der Waals surface area contributed by atoms with Crippen molar-refractivity contribution >= 4 is 11.8 Å². The Morgan fingerprint density at radius 2 is 2.18 bits per heavy atom. The van der Waals surface area contributed by atoms with Crippen molar-refractivity contribution in [1.29, 1.82) is 0 Å². The molecule has 2 heterocycles. The Morgan fingerprint density at radius 3 is 2.65 bits per heavy atom. The summed E-state index contributed by atoms with van der Waals surface area (Å²) in [4.78, 5) is 5.04. The van der Waals surface area contributed by atoms with Crippen LogP contribution in [0, 0.1) is 11.8 Å². The van der Waals surface area contributed by atoms with E-state index in [1.54, 1.807) is 0 Å². The maximum Gasteiger partial charge on any atom is 0.0255 e. The molecule has 0 amide bonds. The van der Waals surface area contributed by atoms with Crippen LogP contribution < -0.4 is 5.73 Å². The van der Waals surface area contributed by atoms with Gasteiger partial charge < -0.3 is 10.6 Å². The van der Waals surface area contributed by atoms with Gasteiger partial charge in [-0.3, -0.25) is 4.90 Å². The van der Waals surface area contributed by atoms with Gasteiger partial charge in [-0.15, -0.1) is 0 Å². The molecule has 0 aromatic carbocycles. The van der Waals surface area contributed by atoms with Crippen molar-refractivity contribution in [2.24, 2.45) is 17.6 Å². The van der Waals surface area contributed by atoms with Gasteiger partial charge in [-0.1, -0.05) is 6.92 Å². The lowest BCUT2D eigenvalue weighted by atomic mass is 9.98. The molecule has 2 N–H and O–H groups in total. The lowest BCUT2D eigenvalue weighted by Gasteiger charge is -2.31. The van der Waals surface area contributed by atoms with Crippen molar-refractivity contribution in [1.82, 2.24) is 9.80 Å². The third kappa shape index (κ3) is 2.98. The van der Waals surface area contributed by atoms with Gasteiger partial charge >= 0.3 is 0 Å². The van der Waals surface area contributed by atoms with Gasteiger partial charge in [-0.2, -0.15) is 11.8 Å². The van der Waals surface area contributed by atoms with Crippen LogP contribution in [0.3, 0.4) is 0 Å². The van der Waals surface area contributed by atoms with Gasteiger partial charge in [0.2, 0.25) is 0 Å². The van der Waals surface area contributed by atoms with E-state index >= 15 is 0 Å². The van der Waals surface area contributed by atoms with Gasteiger partial charge in [0.05, 0.1) is 0 Å². The number of thioether (sulfide) groups is 1. The van der Waals surface area contributed by atoms with E-state index in [4.69, 9.17) is 5.73 Å². The number of rotatable bonds is 4. The number of likely N-dealkylation sites (N-methyl/N-ethyl adjacent to an activating group) is 1. The third-order valence-electron chi connectivity index (χ3n) is 4.48. The molecule has 0 spiro atoms. The first-order chi connectivity index (χ1) is 8.13. The molecule has 4 atom stereocenters. The second-order valence-electron chi connectivity index (χ2n) is 5.89. The highest BCUT2D eigenvalue weighted by Gasteiger charge is 2.37.